The molecule has 1 aromatic rings. The van der Waals surface area contributed by atoms with Crippen molar-refractivity contribution < 1.29 is 4.74 Å². The molecule has 1 aliphatic rings. The number of amidine groups is 1. The van der Waals surface area contributed by atoms with Crippen molar-refractivity contribution in [3.63, 3.8) is 0 Å². The molecule has 2 rings (SSSR count). The van der Waals surface area contributed by atoms with E-state index < -0.39 is 0 Å². The zero-order valence-corrected chi connectivity index (χ0v) is 7.80. The predicted molar refractivity (Wildman–Crippen MR) is 53.5 cm³/mol. The fourth-order valence-corrected chi connectivity index (χ4v) is 2.18. The molecule has 1 aromatic carbocycles. The monoisotopic (exact) mass is 194 g/mol. The van der Waals surface area contributed by atoms with Gasteiger partial charge in [0, 0.05) is 10.6 Å². The molecule has 0 radical (unpaired) electrons. The van der Waals surface area contributed by atoms with E-state index in [9.17, 15) is 0 Å². The summed E-state index contributed by atoms with van der Waals surface area (Å²) in [5.74, 6) is 1.66. The lowest BCUT2D eigenvalue weighted by molar-refractivity contribution is 0.276. The third kappa shape index (κ3) is 1.62. The van der Waals surface area contributed by atoms with Crippen LogP contribution in [0.2, 0.25) is 0 Å². The quantitative estimate of drug-likeness (QED) is 0.526. The third-order valence-electron chi connectivity index (χ3n) is 1.86. The average Bonchev–Trinajstić information content (AvgIpc) is 2.17. The third-order valence-corrected chi connectivity index (χ3v) is 2.97. The number of thioether (sulfide) groups is 1. The maximum atomic E-state index is 7.27. The van der Waals surface area contributed by atoms with Crippen molar-refractivity contribution in [2.75, 3.05) is 5.75 Å². The first-order valence-electron chi connectivity index (χ1n) is 4.00. The topological polar surface area (TPSA) is 59.1 Å². The number of hydrogen-bond acceptors (Lipinski definition) is 3. The van der Waals surface area contributed by atoms with Crippen LogP contribution in [-0.2, 0) is 0 Å². The Bertz CT molecular complexity index is 340. The van der Waals surface area contributed by atoms with E-state index in [0.717, 1.165) is 16.4 Å². The van der Waals surface area contributed by atoms with E-state index in [0.29, 0.717) is 0 Å². The summed E-state index contributed by atoms with van der Waals surface area (Å²) in [4.78, 5) is 1.13. The molecule has 0 aromatic heterocycles. The second-order valence-corrected chi connectivity index (χ2v) is 3.88. The smallest absolute Gasteiger partial charge is 0.164 e. The summed E-state index contributed by atoms with van der Waals surface area (Å²) in [5, 5.41) is 7.27. The first-order chi connectivity index (χ1) is 6.27. The van der Waals surface area contributed by atoms with E-state index in [1.165, 1.54) is 0 Å². The Morgan fingerprint density at radius 2 is 2.31 bits per heavy atom. The van der Waals surface area contributed by atoms with Crippen LogP contribution in [-0.4, -0.2) is 17.7 Å². The highest BCUT2D eigenvalue weighted by molar-refractivity contribution is 7.99. The molecule has 0 aliphatic carbocycles. The van der Waals surface area contributed by atoms with Crippen LogP contribution in [0, 0.1) is 5.41 Å². The van der Waals surface area contributed by atoms with E-state index in [-0.39, 0.29) is 11.9 Å². The summed E-state index contributed by atoms with van der Waals surface area (Å²) in [6.45, 7) is 0. The lowest BCUT2D eigenvalue weighted by Gasteiger charge is -2.24. The Hall–Kier alpha value is -1.16. The normalized spacial score (nSPS) is 20.2. The van der Waals surface area contributed by atoms with Gasteiger partial charge in [0.2, 0.25) is 0 Å². The molecule has 0 fully saturated rings. The van der Waals surface area contributed by atoms with E-state index in [1.807, 2.05) is 24.3 Å². The fraction of sp³-hybridized carbons (Fsp3) is 0.222. The number of nitrogens with one attached hydrogen (secondary N) is 1. The SMILES string of the molecule is N=C(N)C1CSc2ccccc2O1. The van der Waals surface area contributed by atoms with Crippen LogP contribution >= 0.6 is 11.8 Å². The van der Waals surface area contributed by atoms with Gasteiger partial charge in [-0.3, -0.25) is 5.41 Å². The van der Waals surface area contributed by atoms with Crippen LogP contribution in [0.1, 0.15) is 0 Å². The van der Waals surface area contributed by atoms with Crippen LogP contribution in [0.5, 0.6) is 5.75 Å². The Morgan fingerprint density at radius 1 is 1.54 bits per heavy atom. The largest absolute Gasteiger partial charge is 0.481 e. The molecule has 1 aliphatic heterocycles. The van der Waals surface area contributed by atoms with Crippen LogP contribution < -0.4 is 10.5 Å². The molecule has 1 atom stereocenters. The van der Waals surface area contributed by atoms with Crippen molar-refractivity contribution in [2.45, 2.75) is 11.0 Å². The molecule has 0 amide bonds. The maximum Gasteiger partial charge on any atom is 0.164 e. The van der Waals surface area contributed by atoms with Crippen LogP contribution in [0.25, 0.3) is 0 Å². The van der Waals surface area contributed by atoms with E-state index in [2.05, 4.69) is 0 Å². The minimum absolute atomic E-state index is 0.0991. The van der Waals surface area contributed by atoms with Crippen LogP contribution in [0.3, 0.4) is 0 Å². The highest BCUT2D eigenvalue weighted by Crippen LogP contribution is 2.34. The molecule has 4 heteroatoms. The first-order valence-corrected chi connectivity index (χ1v) is 4.98. The molecule has 0 saturated carbocycles. The van der Waals surface area contributed by atoms with Crippen molar-refractivity contribution in [2.24, 2.45) is 5.73 Å². The number of nitrogens with two attached hydrogens (primary N) is 1. The lowest BCUT2D eigenvalue weighted by atomic mass is 10.3. The van der Waals surface area contributed by atoms with Gasteiger partial charge in [-0.25, -0.2) is 0 Å². The lowest BCUT2D eigenvalue weighted by Crippen LogP contribution is -2.36. The number of hydrogen-bond donors (Lipinski definition) is 2. The molecule has 1 unspecified atom stereocenters. The van der Waals surface area contributed by atoms with Crippen molar-refractivity contribution in [1.82, 2.24) is 0 Å². The molecule has 0 bridgehead atoms. The molecule has 1 heterocycles. The Labute approximate surface area is 80.8 Å². The number of rotatable bonds is 1. The number of para-hydroxylation sites is 1. The molecule has 13 heavy (non-hydrogen) atoms. The maximum absolute atomic E-state index is 7.27. The van der Waals surface area contributed by atoms with Crippen molar-refractivity contribution in [1.29, 1.82) is 5.41 Å². The standard InChI is InChI=1S/C9H10N2OS/c10-9(11)7-5-13-8-4-2-1-3-6(8)12-7/h1-4,7H,5H2,(H3,10,11). The minimum atomic E-state index is -0.264. The molecular formula is C9H10N2OS. The predicted octanol–water partition coefficient (Wildman–Crippen LogP) is 1.48. The summed E-state index contributed by atoms with van der Waals surface area (Å²) in [7, 11) is 0. The Balaban J connectivity index is 2.24. The highest BCUT2D eigenvalue weighted by atomic mass is 32.2. The van der Waals surface area contributed by atoms with E-state index in [4.69, 9.17) is 15.9 Å². The Morgan fingerprint density at radius 3 is 3.08 bits per heavy atom. The fourth-order valence-electron chi connectivity index (χ4n) is 1.17. The molecule has 0 spiro atoms. The van der Waals surface area contributed by atoms with Crippen LogP contribution in [0.4, 0.5) is 0 Å². The number of benzene rings is 1. The van der Waals surface area contributed by atoms with Gasteiger partial charge in [-0.15, -0.1) is 11.8 Å². The van der Waals surface area contributed by atoms with Gasteiger partial charge in [-0.05, 0) is 12.1 Å². The van der Waals surface area contributed by atoms with Gasteiger partial charge in [-0.2, -0.15) is 0 Å². The van der Waals surface area contributed by atoms with Gasteiger partial charge in [0.05, 0.1) is 0 Å². The van der Waals surface area contributed by atoms with E-state index in [1.54, 1.807) is 11.8 Å². The second kappa shape index (κ2) is 3.30. The van der Waals surface area contributed by atoms with Gasteiger partial charge in [-0.1, -0.05) is 12.1 Å². The van der Waals surface area contributed by atoms with Gasteiger partial charge in [0.15, 0.2) is 6.10 Å². The zero-order chi connectivity index (χ0) is 9.26. The van der Waals surface area contributed by atoms with Gasteiger partial charge >= 0.3 is 0 Å². The van der Waals surface area contributed by atoms with Crippen molar-refractivity contribution >= 4 is 17.6 Å². The van der Waals surface area contributed by atoms with Crippen LogP contribution in [0.15, 0.2) is 29.2 Å². The number of ether oxygens (including phenoxy) is 1. The van der Waals surface area contributed by atoms with Crippen molar-refractivity contribution in [3.8, 4) is 5.75 Å². The van der Waals surface area contributed by atoms with Gasteiger partial charge in [0.25, 0.3) is 0 Å². The summed E-state index contributed by atoms with van der Waals surface area (Å²) in [6.07, 6.45) is -0.264. The Kier molecular flexibility index (Phi) is 2.14. The molecule has 68 valence electrons. The number of fused-ring (bicyclic) bond motifs is 1. The van der Waals surface area contributed by atoms with E-state index >= 15 is 0 Å². The molecular weight excluding hydrogens is 184 g/mol. The second-order valence-electron chi connectivity index (χ2n) is 2.82. The molecule has 0 saturated heterocycles. The zero-order valence-electron chi connectivity index (χ0n) is 6.99. The minimum Gasteiger partial charge on any atom is -0.481 e. The average molecular weight is 194 g/mol. The summed E-state index contributed by atoms with van der Waals surface area (Å²) >= 11 is 1.68. The van der Waals surface area contributed by atoms with Gasteiger partial charge in [0.1, 0.15) is 11.6 Å². The summed E-state index contributed by atoms with van der Waals surface area (Å²) in [5.41, 5.74) is 5.37. The molecule has 3 nitrogen and oxygen atoms in total. The van der Waals surface area contributed by atoms with Crippen molar-refractivity contribution in [3.05, 3.63) is 24.3 Å². The first kappa shape index (κ1) is 8.44. The van der Waals surface area contributed by atoms with Gasteiger partial charge < -0.3 is 10.5 Å². The summed E-state index contributed by atoms with van der Waals surface area (Å²) in [6, 6.07) is 7.80. The molecule has 3 N–H and O–H groups in total. The summed E-state index contributed by atoms with van der Waals surface area (Å²) < 4.78 is 5.52. The highest BCUT2D eigenvalue weighted by Gasteiger charge is 2.21.